The highest BCUT2D eigenvalue weighted by Gasteiger charge is 2.28. The summed E-state index contributed by atoms with van der Waals surface area (Å²) in [5.74, 6) is -1.44. The van der Waals surface area contributed by atoms with E-state index in [-0.39, 0.29) is 17.2 Å². The fraction of sp³-hybridized carbons (Fsp3) is 0.353. The van der Waals surface area contributed by atoms with Gasteiger partial charge in [0.15, 0.2) is 5.69 Å². The maximum atomic E-state index is 12.6. The lowest BCUT2D eigenvalue weighted by atomic mass is 10.2. The summed E-state index contributed by atoms with van der Waals surface area (Å²) in [7, 11) is 1.61. The van der Waals surface area contributed by atoms with Crippen LogP contribution in [0.2, 0.25) is 0 Å². The number of carboxylic acids is 1. The largest absolute Gasteiger partial charge is 0.478 e. The Balaban J connectivity index is 1.62. The molecule has 2 aromatic rings. The van der Waals surface area contributed by atoms with Gasteiger partial charge in [0, 0.05) is 46.0 Å². The zero-order valence-electron chi connectivity index (χ0n) is 13.6. The molecule has 0 unspecified atom stereocenters. The van der Waals surface area contributed by atoms with Crippen LogP contribution in [0.15, 0.2) is 36.5 Å². The van der Waals surface area contributed by atoms with E-state index in [1.165, 1.54) is 16.4 Å². The Morgan fingerprint density at radius 3 is 2.42 bits per heavy atom. The van der Waals surface area contributed by atoms with Gasteiger partial charge in [-0.25, -0.2) is 4.79 Å². The van der Waals surface area contributed by atoms with E-state index in [1.54, 1.807) is 11.9 Å². The average Bonchev–Trinajstić information content (AvgIpc) is 2.98. The summed E-state index contributed by atoms with van der Waals surface area (Å²) in [5.41, 5.74) is 1.21. The molecule has 7 nitrogen and oxygen atoms in total. The molecule has 1 aromatic heterocycles. The molecule has 0 spiro atoms. The second kappa shape index (κ2) is 6.84. The minimum atomic E-state index is -1.13. The first-order chi connectivity index (χ1) is 11.5. The molecule has 126 valence electrons. The number of hydrogen-bond acceptors (Lipinski definition) is 4. The quantitative estimate of drug-likeness (QED) is 0.908. The number of aromatic nitrogens is 2. The highest BCUT2D eigenvalue weighted by atomic mass is 16.4. The molecule has 0 saturated carbocycles. The van der Waals surface area contributed by atoms with E-state index in [0.717, 1.165) is 19.6 Å². The summed E-state index contributed by atoms with van der Waals surface area (Å²) in [4.78, 5) is 27.8. The van der Waals surface area contributed by atoms with Crippen LogP contribution in [-0.4, -0.2) is 62.7 Å². The normalized spacial score (nSPS) is 15.5. The molecule has 0 aliphatic carbocycles. The van der Waals surface area contributed by atoms with Gasteiger partial charge in [0.05, 0.1) is 0 Å². The number of carboxylic acid groups (broad SMARTS) is 1. The van der Waals surface area contributed by atoms with Gasteiger partial charge < -0.3 is 10.0 Å². The van der Waals surface area contributed by atoms with Crippen molar-refractivity contribution in [2.45, 2.75) is 6.54 Å². The van der Waals surface area contributed by atoms with Crippen molar-refractivity contribution in [3.05, 3.63) is 53.3 Å². The summed E-state index contributed by atoms with van der Waals surface area (Å²) in [6, 6.07) is 10.2. The summed E-state index contributed by atoms with van der Waals surface area (Å²) in [6.45, 7) is 3.52. The molecule has 1 aliphatic rings. The second-order valence-corrected chi connectivity index (χ2v) is 5.92. The van der Waals surface area contributed by atoms with Gasteiger partial charge in [-0.1, -0.05) is 30.3 Å². The first-order valence-corrected chi connectivity index (χ1v) is 7.87. The Kier molecular flexibility index (Phi) is 4.61. The molecule has 3 rings (SSSR count). The van der Waals surface area contributed by atoms with Crippen LogP contribution in [0.3, 0.4) is 0 Å². The van der Waals surface area contributed by atoms with Crippen LogP contribution in [-0.2, 0) is 13.6 Å². The molecular weight excluding hydrogens is 308 g/mol. The SMILES string of the molecule is Cn1cc(C(=O)O)c(C(=O)N2CCN(Cc3ccccc3)CC2)n1. The number of carbonyl (C=O) groups is 2. The zero-order chi connectivity index (χ0) is 17.1. The molecule has 0 bridgehead atoms. The van der Waals surface area contributed by atoms with Crippen molar-refractivity contribution in [2.24, 2.45) is 7.05 Å². The molecule has 1 aromatic carbocycles. The summed E-state index contributed by atoms with van der Waals surface area (Å²) >= 11 is 0. The van der Waals surface area contributed by atoms with Crippen LogP contribution < -0.4 is 0 Å². The Morgan fingerprint density at radius 1 is 1.12 bits per heavy atom. The minimum Gasteiger partial charge on any atom is -0.478 e. The van der Waals surface area contributed by atoms with Gasteiger partial charge in [0.1, 0.15) is 5.56 Å². The lowest BCUT2D eigenvalue weighted by Gasteiger charge is -2.34. The van der Waals surface area contributed by atoms with Crippen molar-refractivity contribution >= 4 is 11.9 Å². The third-order valence-corrected chi connectivity index (χ3v) is 4.17. The molecule has 1 aliphatic heterocycles. The number of hydrogen-bond donors (Lipinski definition) is 1. The molecule has 24 heavy (non-hydrogen) atoms. The van der Waals surface area contributed by atoms with E-state index in [9.17, 15) is 14.7 Å². The van der Waals surface area contributed by atoms with Crippen LogP contribution in [0.5, 0.6) is 0 Å². The Hall–Kier alpha value is -2.67. The zero-order valence-corrected chi connectivity index (χ0v) is 13.6. The predicted molar refractivity (Wildman–Crippen MR) is 87.8 cm³/mol. The van der Waals surface area contributed by atoms with Crippen molar-refractivity contribution in [1.29, 1.82) is 0 Å². The van der Waals surface area contributed by atoms with E-state index < -0.39 is 5.97 Å². The first kappa shape index (κ1) is 16.2. The van der Waals surface area contributed by atoms with Crippen LogP contribution in [0.1, 0.15) is 26.4 Å². The maximum absolute atomic E-state index is 12.6. The van der Waals surface area contributed by atoms with Gasteiger partial charge in [-0.05, 0) is 5.56 Å². The average molecular weight is 328 g/mol. The topological polar surface area (TPSA) is 78.7 Å². The highest BCUT2D eigenvalue weighted by molar-refractivity contribution is 6.03. The number of rotatable bonds is 4. The van der Waals surface area contributed by atoms with Gasteiger partial charge in [-0.3, -0.25) is 14.4 Å². The van der Waals surface area contributed by atoms with Crippen molar-refractivity contribution in [1.82, 2.24) is 19.6 Å². The van der Waals surface area contributed by atoms with Crippen LogP contribution in [0, 0.1) is 0 Å². The van der Waals surface area contributed by atoms with Crippen molar-refractivity contribution in [3.63, 3.8) is 0 Å². The fourth-order valence-corrected chi connectivity index (χ4v) is 2.90. The van der Waals surface area contributed by atoms with E-state index in [1.807, 2.05) is 18.2 Å². The Labute approximate surface area is 140 Å². The van der Waals surface area contributed by atoms with Crippen LogP contribution in [0.25, 0.3) is 0 Å². The van der Waals surface area contributed by atoms with Gasteiger partial charge >= 0.3 is 5.97 Å². The molecule has 0 radical (unpaired) electrons. The number of aryl methyl sites for hydroxylation is 1. The van der Waals surface area contributed by atoms with Gasteiger partial charge in [0.25, 0.3) is 5.91 Å². The number of benzene rings is 1. The number of amides is 1. The first-order valence-electron chi connectivity index (χ1n) is 7.87. The van der Waals surface area contributed by atoms with Crippen molar-refractivity contribution in [2.75, 3.05) is 26.2 Å². The number of piperazine rings is 1. The summed E-state index contributed by atoms with van der Waals surface area (Å²) in [6.07, 6.45) is 1.36. The third kappa shape index (κ3) is 3.46. The summed E-state index contributed by atoms with van der Waals surface area (Å²) in [5, 5.41) is 13.2. The van der Waals surface area contributed by atoms with E-state index >= 15 is 0 Å². The van der Waals surface area contributed by atoms with E-state index in [4.69, 9.17) is 0 Å². The predicted octanol–water partition coefficient (Wildman–Crippen LogP) is 1.08. The minimum absolute atomic E-state index is 0.0153. The van der Waals surface area contributed by atoms with Crippen LogP contribution >= 0.6 is 0 Å². The Bertz CT molecular complexity index is 734. The number of nitrogens with zero attached hydrogens (tertiary/aromatic N) is 4. The molecule has 1 amide bonds. The van der Waals surface area contributed by atoms with Gasteiger partial charge in [0.2, 0.25) is 0 Å². The molecule has 7 heteroatoms. The summed E-state index contributed by atoms with van der Waals surface area (Å²) < 4.78 is 1.36. The monoisotopic (exact) mass is 328 g/mol. The molecular formula is C17H20N4O3. The highest BCUT2D eigenvalue weighted by Crippen LogP contribution is 2.13. The molecule has 1 fully saturated rings. The maximum Gasteiger partial charge on any atom is 0.339 e. The lowest BCUT2D eigenvalue weighted by molar-refractivity contribution is 0.0604. The number of carbonyl (C=O) groups excluding carboxylic acids is 1. The molecule has 2 heterocycles. The Morgan fingerprint density at radius 2 is 1.79 bits per heavy atom. The lowest BCUT2D eigenvalue weighted by Crippen LogP contribution is -2.48. The van der Waals surface area contributed by atoms with Crippen molar-refractivity contribution in [3.8, 4) is 0 Å². The smallest absolute Gasteiger partial charge is 0.339 e. The third-order valence-electron chi connectivity index (χ3n) is 4.17. The van der Waals surface area contributed by atoms with Crippen LogP contribution in [0.4, 0.5) is 0 Å². The van der Waals surface area contributed by atoms with Crippen molar-refractivity contribution < 1.29 is 14.7 Å². The standard InChI is InChI=1S/C17H20N4O3/c1-19-12-14(17(23)24)15(18-19)16(22)21-9-7-20(8-10-21)11-13-5-3-2-4-6-13/h2-6,12H,7-11H2,1H3,(H,23,24). The van der Waals surface area contributed by atoms with E-state index in [2.05, 4.69) is 22.1 Å². The fourth-order valence-electron chi connectivity index (χ4n) is 2.90. The second-order valence-electron chi connectivity index (χ2n) is 5.92. The molecule has 1 N–H and O–H groups in total. The number of aromatic carboxylic acids is 1. The van der Waals surface area contributed by atoms with E-state index in [0.29, 0.717) is 13.1 Å². The molecule has 1 saturated heterocycles. The van der Waals surface area contributed by atoms with Gasteiger partial charge in [-0.2, -0.15) is 5.10 Å². The van der Waals surface area contributed by atoms with Gasteiger partial charge in [-0.15, -0.1) is 0 Å². The molecule has 0 atom stereocenters.